The summed E-state index contributed by atoms with van der Waals surface area (Å²) in [6.45, 7) is 5.46. The van der Waals surface area contributed by atoms with Gasteiger partial charge in [0.1, 0.15) is 0 Å². The van der Waals surface area contributed by atoms with E-state index in [9.17, 15) is 4.79 Å². The van der Waals surface area contributed by atoms with Gasteiger partial charge in [0, 0.05) is 7.05 Å². The van der Waals surface area contributed by atoms with E-state index in [4.69, 9.17) is 0 Å². The van der Waals surface area contributed by atoms with Crippen LogP contribution >= 0.6 is 0 Å². The van der Waals surface area contributed by atoms with Gasteiger partial charge in [0.2, 0.25) is 5.91 Å². The lowest BCUT2D eigenvalue weighted by atomic mass is 10.1. The molecule has 0 radical (unpaired) electrons. The Morgan fingerprint density at radius 2 is 2.00 bits per heavy atom. The summed E-state index contributed by atoms with van der Waals surface area (Å²) in [5.74, 6) is -0.0543. The molecule has 0 spiro atoms. The minimum atomic E-state index is -0.0543. The highest BCUT2D eigenvalue weighted by Crippen LogP contribution is 2.17. The second kappa shape index (κ2) is 4.61. The summed E-state index contributed by atoms with van der Waals surface area (Å²) in [7, 11) is 1.78. The van der Waals surface area contributed by atoms with E-state index in [0.717, 1.165) is 5.56 Å². The monoisotopic (exact) mass is 189 g/mol. The summed E-state index contributed by atoms with van der Waals surface area (Å²) < 4.78 is 0. The van der Waals surface area contributed by atoms with Crippen LogP contribution in [0.5, 0.6) is 0 Å². The molecule has 74 valence electrons. The van der Waals surface area contributed by atoms with Crippen LogP contribution < -0.4 is 0 Å². The fraction of sp³-hybridized carbons (Fsp3) is 0.250. The number of benzene rings is 1. The predicted octanol–water partition coefficient (Wildman–Crippen LogP) is 2.39. The smallest absolute Gasteiger partial charge is 0.246 e. The van der Waals surface area contributed by atoms with E-state index < -0.39 is 0 Å². The highest BCUT2D eigenvalue weighted by atomic mass is 16.2. The topological polar surface area (TPSA) is 20.3 Å². The van der Waals surface area contributed by atoms with Crippen molar-refractivity contribution in [2.75, 3.05) is 7.05 Å². The first-order valence-electron chi connectivity index (χ1n) is 4.61. The number of nitrogens with zero attached hydrogens (tertiary/aromatic N) is 1. The normalized spacial score (nSPS) is 11.9. The molecule has 0 N–H and O–H groups in total. The van der Waals surface area contributed by atoms with Crippen LogP contribution in [-0.2, 0) is 4.79 Å². The average molecular weight is 189 g/mol. The summed E-state index contributed by atoms with van der Waals surface area (Å²) in [6, 6.07) is 10.0. The minimum Gasteiger partial charge on any atom is -0.335 e. The second-order valence-electron chi connectivity index (χ2n) is 3.24. The van der Waals surface area contributed by atoms with Gasteiger partial charge in [0.05, 0.1) is 6.04 Å². The molecular formula is C12H15NO. The Hall–Kier alpha value is -1.57. The van der Waals surface area contributed by atoms with Crippen molar-refractivity contribution in [2.24, 2.45) is 0 Å². The summed E-state index contributed by atoms with van der Waals surface area (Å²) in [5.41, 5.74) is 1.13. The molecule has 1 rings (SSSR count). The van der Waals surface area contributed by atoms with Gasteiger partial charge in [-0.05, 0) is 18.6 Å². The molecule has 0 saturated heterocycles. The Morgan fingerprint density at radius 3 is 2.50 bits per heavy atom. The van der Waals surface area contributed by atoms with E-state index in [1.165, 1.54) is 6.08 Å². The van der Waals surface area contributed by atoms with Gasteiger partial charge in [-0.3, -0.25) is 4.79 Å². The van der Waals surface area contributed by atoms with E-state index in [1.54, 1.807) is 11.9 Å². The molecule has 0 bridgehead atoms. The SMILES string of the molecule is C=CC(=O)N(C)C(C)c1ccccc1. The molecule has 1 aromatic rings. The first-order chi connectivity index (χ1) is 6.66. The number of hydrogen-bond donors (Lipinski definition) is 0. The minimum absolute atomic E-state index is 0.0543. The molecular weight excluding hydrogens is 174 g/mol. The van der Waals surface area contributed by atoms with Gasteiger partial charge in [0.15, 0.2) is 0 Å². The van der Waals surface area contributed by atoms with Gasteiger partial charge in [0.25, 0.3) is 0 Å². The van der Waals surface area contributed by atoms with Crippen molar-refractivity contribution in [3.8, 4) is 0 Å². The first kappa shape index (κ1) is 10.5. The molecule has 0 aliphatic heterocycles. The number of amides is 1. The van der Waals surface area contributed by atoms with Gasteiger partial charge < -0.3 is 4.90 Å². The zero-order valence-electron chi connectivity index (χ0n) is 8.60. The summed E-state index contributed by atoms with van der Waals surface area (Å²) >= 11 is 0. The first-order valence-corrected chi connectivity index (χ1v) is 4.61. The lowest BCUT2D eigenvalue weighted by Crippen LogP contribution is -2.27. The van der Waals surface area contributed by atoms with Gasteiger partial charge in [-0.1, -0.05) is 36.9 Å². The quantitative estimate of drug-likeness (QED) is 0.668. The highest BCUT2D eigenvalue weighted by molar-refractivity contribution is 5.87. The molecule has 0 saturated carbocycles. The fourth-order valence-corrected chi connectivity index (χ4v) is 1.29. The van der Waals surface area contributed by atoms with Crippen LogP contribution in [0, 0.1) is 0 Å². The van der Waals surface area contributed by atoms with Gasteiger partial charge >= 0.3 is 0 Å². The van der Waals surface area contributed by atoms with Crippen molar-refractivity contribution in [3.05, 3.63) is 48.6 Å². The zero-order chi connectivity index (χ0) is 10.6. The molecule has 0 fully saturated rings. The summed E-state index contributed by atoms with van der Waals surface area (Å²) in [4.78, 5) is 13.0. The largest absolute Gasteiger partial charge is 0.335 e. The molecule has 0 aliphatic rings. The number of hydrogen-bond acceptors (Lipinski definition) is 1. The lowest BCUT2D eigenvalue weighted by molar-refractivity contribution is -0.126. The Kier molecular flexibility index (Phi) is 3.46. The van der Waals surface area contributed by atoms with E-state index in [1.807, 2.05) is 37.3 Å². The summed E-state index contributed by atoms with van der Waals surface area (Å²) in [5, 5.41) is 0. The lowest BCUT2D eigenvalue weighted by Gasteiger charge is -2.23. The molecule has 0 aliphatic carbocycles. The van der Waals surface area contributed by atoms with E-state index in [-0.39, 0.29) is 11.9 Å². The Balaban J connectivity index is 2.80. The van der Waals surface area contributed by atoms with Crippen molar-refractivity contribution in [3.63, 3.8) is 0 Å². The Bertz CT molecular complexity index is 318. The van der Waals surface area contributed by atoms with Crippen molar-refractivity contribution in [2.45, 2.75) is 13.0 Å². The molecule has 14 heavy (non-hydrogen) atoms. The van der Waals surface area contributed by atoms with E-state index in [0.29, 0.717) is 0 Å². The Labute approximate surface area is 84.9 Å². The average Bonchev–Trinajstić information content (AvgIpc) is 2.27. The molecule has 0 aromatic heterocycles. The van der Waals surface area contributed by atoms with Crippen molar-refractivity contribution >= 4 is 5.91 Å². The van der Waals surface area contributed by atoms with Crippen LogP contribution in [0.25, 0.3) is 0 Å². The molecule has 1 atom stereocenters. The van der Waals surface area contributed by atoms with Crippen LogP contribution in [0.15, 0.2) is 43.0 Å². The molecule has 2 heteroatoms. The van der Waals surface area contributed by atoms with Crippen molar-refractivity contribution < 1.29 is 4.79 Å². The molecule has 0 heterocycles. The predicted molar refractivity (Wildman–Crippen MR) is 57.8 cm³/mol. The fourth-order valence-electron chi connectivity index (χ4n) is 1.29. The number of rotatable bonds is 3. The van der Waals surface area contributed by atoms with Crippen LogP contribution in [0.3, 0.4) is 0 Å². The third-order valence-electron chi connectivity index (χ3n) is 2.39. The number of carbonyl (C=O) groups is 1. The summed E-state index contributed by atoms with van der Waals surface area (Å²) in [6.07, 6.45) is 1.33. The highest BCUT2D eigenvalue weighted by Gasteiger charge is 2.13. The number of likely N-dealkylation sites (N-methyl/N-ethyl adjacent to an activating group) is 1. The van der Waals surface area contributed by atoms with Crippen LogP contribution in [0.2, 0.25) is 0 Å². The zero-order valence-corrected chi connectivity index (χ0v) is 8.60. The molecule has 1 aromatic carbocycles. The maximum atomic E-state index is 11.3. The van der Waals surface area contributed by atoms with Crippen molar-refractivity contribution in [1.82, 2.24) is 4.90 Å². The van der Waals surface area contributed by atoms with Crippen LogP contribution in [0.4, 0.5) is 0 Å². The van der Waals surface area contributed by atoms with Crippen LogP contribution in [0.1, 0.15) is 18.5 Å². The third kappa shape index (κ3) is 2.22. The van der Waals surface area contributed by atoms with Crippen molar-refractivity contribution in [1.29, 1.82) is 0 Å². The Morgan fingerprint density at radius 1 is 1.43 bits per heavy atom. The second-order valence-corrected chi connectivity index (χ2v) is 3.24. The van der Waals surface area contributed by atoms with Crippen LogP contribution in [-0.4, -0.2) is 17.9 Å². The van der Waals surface area contributed by atoms with Gasteiger partial charge in [-0.15, -0.1) is 0 Å². The third-order valence-corrected chi connectivity index (χ3v) is 2.39. The standard InChI is InChI=1S/C12H15NO/c1-4-12(14)13(3)10(2)11-8-6-5-7-9-11/h4-10H,1H2,2-3H3. The van der Waals surface area contributed by atoms with E-state index >= 15 is 0 Å². The maximum Gasteiger partial charge on any atom is 0.246 e. The molecule has 2 nitrogen and oxygen atoms in total. The molecule has 1 unspecified atom stereocenters. The van der Waals surface area contributed by atoms with Gasteiger partial charge in [-0.25, -0.2) is 0 Å². The number of carbonyl (C=O) groups excluding carboxylic acids is 1. The van der Waals surface area contributed by atoms with E-state index in [2.05, 4.69) is 6.58 Å². The van der Waals surface area contributed by atoms with Gasteiger partial charge in [-0.2, -0.15) is 0 Å². The maximum absolute atomic E-state index is 11.3. The molecule has 1 amide bonds.